The van der Waals surface area contributed by atoms with Crippen molar-refractivity contribution in [2.75, 3.05) is 6.61 Å². The average molecular weight is 387 g/mol. The van der Waals surface area contributed by atoms with E-state index in [1.807, 2.05) is 12.1 Å². The van der Waals surface area contributed by atoms with E-state index in [0.29, 0.717) is 10.0 Å². The van der Waals surface area contributed by atoms with E-state index in [1.54, 1.807) is 19.1 Å². The molecule has 2 aromatic carbocycles. The number of ether oxygens (including phenoxy) is 1. The highest BCUT2D eigenvalue weighted by molar-refractivity contribution is 6.42. The second kappa shape index (κ2) is 8.38. The molecule has 1 amide bonds. The van der Waals surface area contributed by atoms with Gasteiger partial charge in [-0.1, -0.05) is 53.0 Å². The summed E-state index contributed by atoms with van der Waals surface area (Å²) >= 11 is 17.7. The van der Waals surface area contributed by atoms with Crippen LogP contribution >= 0.6 is 34.8 Å². The molecule has 4 nitrogen and oxygen atoms in total. The number of nitrogens with one attached hydrogen (secondary N) is 1. The second-order valence-electron chi connectivity index (χ2n) is 5.02. The topological polar surface area (TPSA) is 55.4 Å². The summed E-state index contributed by atoms with van der Waals surface area (Å²) in [5, 5.41) is 3.84. The molecule has 0 spiro atoms. The Kier molecular flexibility index (Phi) is 6.49. The van der Waals surface area contributed by atoms with E-state index in [2.05, 4.69) is 5.32 Å². The van der Waals surface area contributed by atoms with Crippen molar-refractivity contribution in [1.82, 2.24) is 5.32 Å². The Labute approximate surface area is 154 Å². The zero-order chi connectivity index (χ0) is 17.7. The highest BCUT2D eigenvalue weighted by Crippen LogP contribution is 2.23. The number of halogens is 3. The lowest BCUT2D eigenvalue weighted by atomic mass is 10.1. The van der Waals surface area contributed by atoms with Crippen molar-refractivity contribution in [2.24, 2.45) is 0 Å². The highest BCUT2D eigenvalue weighted by atomic mass is 35.5. The standard InChI is InChI=1S/C17H14Cl3NO3/c1-10(12-4-2-3-5-13(12)18)21-16(22)9-24-17(23)11-6-7-14(19)15(20)8-11/h2-8,10H,9H2,1H3,(H,21,22)/t10-/m0/s1. The van der Waals surface area contributed by atoms with Gasteiger partial charge in [0, 0.05) is 5.02 Å². The van der Waals surface area contributed by atoms with Gasteiger partial charge in [-0.3, -0.25) is 4.79 Å². The summed E-state index contributed by atoms with van der Waals surface area (Å²) in [6, 6.07) is 11.2. The van der Waals surface area contributed by atoms with Gasteiger partial charge >= 0.3 is 5.97 Å². The van der Waals surface area contributed by atoms with Crippen LogP contribution in [0.25, 0.3) is 0 Å². The summed E-state index contributed by atoms with van der Waals surface area (Å²) in [6.07, 6.45) is 0. The third kappa shape index (κ3) is 4.87. The first-order valence-corrected chi connectivity index (χ1v) is 8.18. The van der Waals surface area contributed by atoms with Gasteiger partial charge in [0.2, 0.25) is 0 Å². The molecule has 0 unspecified atom stereocenters. The van der Waals surface area contributed by atoms with Crippen LogP contribution < -0.4 is 5.32 Å². The smallest absolute Gasteiger partial charge is 0.338 e. The molecular formula is C17H14Cl3NO3. The van der Waals surface area contributed by atoms with Crippen molar-refractivity contribution in [3.63, 3.8) is 0 Å². The molecule has 0 fully saturated rings. The summed E-state index contributed by atoms with van der Waals surface area (Å²) in [7, 11) is 0. The first-order chi connectivity index (χ1) is 11.4. The number of rotatable bonds is 5. The van der Waals surface area contributed by atoms with Crippen molar-refractivity contribution in [2.45, 2.75) is 13.0 Å². The highest BCUT2D eigenvalue weighted by Gasteiger charge is 2.15. The third-order valence-corrected chi connectivity index (χ3v) is 4.32. The molecule has 1 atom stereocenters. The van der Waals surface area contributed by atoms with E-state index < -0.39 is 18.5 Å². The van der Waals surface area contributed by atoms with Gasteiger partial charge in [0.15, 0.2) is 6.61 Å². The molecule has 0 radical (unpaired) electrons. The second-order valence-corrected chi connectivity index (χ2v) is 6.24. The molecular weight excluding hydrogens is 373 g/mol. The van der Waals surface area contributed by atoms with Crippen LogP contribution in [0.1, 0.15) is 28.9 Å². The molecule has 1 N–H and O–H groups in total. The molecule has 0 heterocycles. The molecule has 126 valence electrons. The lowest BCUT2D eigenvalue weighted by Gasteiger charge is -2.15. The first-order valence-electron chi connectivity index (χ1n) is 7.04. The minimum Gasteiger partial charge on any atom is -0.452 e. The number of benzene rings is 2. The van der Waals surface area contributed by atoms with E-state index >= 15 is 0 Å². The van der Waals surface area contributed by atoms with Crippen LogP contribution in [0.15, 0.2) is 42.5 Å². The minimum absolute atomic E-state index is 0.219. The maximum atomic E-state index is 11.9. The maximum absolute atomic E-state index is 11.9. The fraction of sp³-hybridized carbons (Fsp3) is 0.176. The van der Waals surface area contributed by atoms with Gasteiger partial charge in [0.25, 0.3) is 5.91 Å². The third-order valence-electron chi connectivity index (χ3n) is 3.24. The average Bonchev–Trinajstić information content (AvgIpc) is 2.55. The number of esters is 1. The van der Waals surface area contributed by atoms with Crippen molar-refractivity contribution in [1.29, 1.82) is 0 Å². The minimum atomic E-state index is -0.658. The lowest BCUT2D eigenvalue weighted by molar-refractivity contribution is -0.124. The molecule has 0 bridgehead atoms. The maximum Gasteiger partial charge on any atom is 0.338 e. The van der Waals surface area contributed by atoms with Gasteiger partial charge in [-0.25, -0.2) is 4.79 Å². The van der Waals surface area contributed by atoms with Crippen LogP contribution in [0, 0.1) is 0 Å². The molecule has 0 saturated carbocycles. The number of amides is 1. The Morgan fingerprint density at radius 1 is 1.04 bits per heavy atom. The van der Waals surface area contributed by atoms with Gasteiger partial charge in [-0.2, -0.15) is 0 Å². The molecule has 0 aromatic heterocycles. The van der Waals surface area contributed by atoms with Crippen LogP contribution in [-0.2, 0) is 9.53 Å². The van der Waals surface area contributed by atoms with Crippen molar-refractivity contribution >= 4 is 46.7 Å². The first kappa shape index (κ1) is 18.6. The van der Waals surface area contributed by atoms with Crippen molar-refractivity contribution < 1.29 is 14.3 Å². The molecule has 2 aromatic rings. The van der Waals surface area contributed by atoms with E-state index in [9.17, 15) is 9.59 Å². The quantitative estimate of drug-likeness (QED) is 0.759. The van der Waals surface area contributed by atoms with E-state index in [1.165, 1.54) is 18.2 Å². The molecule has 0 saturated heterocycles. The van der Waals surface area contributed by atoms with Crippen molar-refractivity contribution in [3.8, 4) is 0 Å². The monoisotopic (exact) mass is 385 g/mol. The van der Waals surface area contributed by atoms with Crippen LogP contribution in [0.5, 0.6) is 0 Å². The Morgan fingerprint density at radius 2 is 1.75 bits per heavy atom. The SMILES string of the molecule is C[C@H](NC(=O)COC(=O)c1ccc(Cl)c(Cl)c1)c1ccccc1Cl. The van der Waals surface area contributed by atoms with Gasteiger partial charge in [-0.05, 0) is 36.8 Å². The number of carbonyl (C=O) groups is 2. The van der Waals surface area contributed by atoms with E-state index in [-0.39, 0.29) is 16.6 Å². The largest absolute Gasteiger partial charge is 0.452 e. The Balaban J connectivity index is 1.89. The fourth-order valence-electron chi connectivity index (χ4n) is 2.02. The fourth-order valence-corrected chi connectivity index (χ4v) is 2.62. The van der Waals surface area contributed by atoms with Gasteiger partial charge < -0.3 is 10.1 Å². The summed E-state index contributed by atoms with van der Waals surface area (Å²) in [5.74, 6) is -1.09. The number of carbonyl (C=O) groups excluding carboxylic acids is 2. The number of hydrogen-bond acceptors (Lipinski definition) is 3. The summed E-state index contributed by atoms with van der Waals surface area (Å²) in [6.45, 7) is 1.38. The Hall–Kier alpha value is -1.75. The van der Waals surface area contributed by atoms with Crippen LogP contribution in [-0.4, -0.2) is 18.5 Å². The van der Waals surface area contributed by atoms with Gasteiger partial charge in [-0.15, -0.1) is 0 Å². The van der Waals surface area contributed by atoms with E-state index in [0.717, 1.165) is 5.56 Å². The number of hydrogen-bond donors (Lipinski definition) is 1. The predicted octanol–water partition coefficient (Wildman–Crippen LogP) is 4.68. The molecule has 2 rings (SSSR count). The van der Waals surface area contributed by atoms with Crippen LogP contribution in [0.2, 0.25) is 15.1 Å². The molecule has 0 aliphatic heterocycles. The predicted molar refractivity (Wildman–Crippen MR) is 94.8 cm³/mol. The van der Waals surface area contributed by atoms with Crippen molar-refractivity contribution in [3.05, 3.63) is 68.7 Å². The van der Waals surface area contributed by atoms with Crippen LogP contribution in [0.3, 0.4) is 0 Å². The zero-order valence-corrected chi connectivity index (χ0v) is 15.0. The Bertz CT molecular complexity index is 764. The van der Waals surface area contributed by atoms with Gasteiger partial charge in [0.1, 0.15) is 0 Å². The molecule has 0 aliphatic rings. The summed E-state index contributed by atoms with van der Waals surface area (Å²) in [4.78, 5) is 23.8. The van der Waals surface area contributed by atoms with Crippen LogP contribution in [0.4, 0.5) is 0 Å². The molecule has 7 heteroatoms. The van der Waals surface area contributed by atoms with E-state index in [4.69, 9.17) is 39.5 Å². The van der Waals surface area contributed by atoms with Gasteiger partial charge in [0.05, 0.1) is 21.7 Å². The summed E-state index contributed by atoms with van der Waals surface area (Å²) < 4.78 is 4.97. The lowest BCUT2D eigenvalue weighted by Crippen LogP contribution is -2.31. The Morgan fingerprint density at radius 3 is 2.42 bits per heavy atom. The molecule has 0 aliphatic carbocycles. The zero-order valence-electron chi connectivity index (χ0n) is 12.7. The molecule has 24 heavy (non-hydrogen) atoms. The summed E-state index contributed by atoms with van der Waals surface area (Å²) in [5.41, 5.74) is 1.000. The normalized spacial score (nSPS) is 11.7.